The van der Waals surface area contributed by atoms with Gasteiger partial charge in [-0.1, -0.05) is 41.9 Å². The predicted octanol–water partition coefficient (Wildman–Crippen LogP) is 4.46. The van der Waals surface area contributed by atoms with Gasteiger partial charge in [-0.3, -0.25) is 4.90 Å². The number of carbonyl (C=O) groups is 2. The first-order valence-corrected chi connectivity index (χ1v) is 9.95. The van der Waals surface area contributed by atoms with Crippen LogP contribution in [-0.2, 0) is 9.53 Å². The molecule has 30 heavy (non-hydrogen) atoms. The Morgan fingerprint density at radius 1 is 1.17 bits per heavy atom. The standard InChI is InChI=1S/C22H22ClFN2O4/c1-3-26-17(13-30-18-12-8-6-10-15(18)23)19(21(27)29-4-2)20(25-22(26)28)14-9-5-7-11-16(14)24/h5-12,20H,3-4,13H2,1-2H3,(H,25,28). The summed E-state index contributed by atoms with van der Waals surface area (Å²) in [7, 11) is 0. The molecular weight excluding hydrogens is 411 g/mol. The summed E-state index contributed by atoms with van der Waals surface area (Å²) in [4.78, 5) is 27.0. The van der Waals surface area contributed by atoms with E-state index >= 15 is 0 Å². The van der Waals surface area contributed by atoms with Gasteiger partial charge in [0.25, 0.3) is 0 Å². The SMILES string of the molecule is CCOC(=O)C1=C(COc2ccccc2Cl)N(CC)C(=O)NC1c1ccccc1F. The molecule has 0 saturated heterocycles. The molecule has 1 aliphatic heterocycles. The maximum atomic E-state index is 14.5. The van der Waals surface area contributed by atoms with Gasteiger partial charge in [0, 0.05) is 12.1 Å². The summed E-state index contributed by atoms with van der Waals surface area (Å²) < 4.78 is 25.6. The summed E-state index contributed by atoms with van der Waals surface area (Å²) in [6.45, 7) is 3.73. The third-order valence-corrected chi connectivity index (χ3v) is 4.98. The first-order chi connectivity index (χ1) is 14.5. The third-order valence-electron chi connectivity index (χ3n) is 4.67. The fourth-order valence-corrected chi connectivity index (χ4v) is 3.48. The van der Waals surface area contributed by atoms with Crippen LogP contribution < -0.4 is 10.1 Å². The van der Waals surface area contributed by atoms with Crippen molar-refractivity contribution in [2.24, 2.45) is 0 Å². The Morgan fingerprint density at radius 2 is 1.87 bits per heavy atom. The predicted molar refractivity (Wildman–Crippen MR) is 111 cm³/mol. The zero-order chi connectivity index (χ0) is 21.7. The van der Waals surface area contributed by atoms with Crippen molar-refractivity contribution in [3.63, 3.8) is 0 Å². The van der Waals surface area contributed by atoms with Gasteiger partial charge >= 0.3 is 12.0 Å². The van der Waals surface area contributed by atoms with Crippen LogP contribution in [0.1, 0.15) is 25.5 Å². The molecular formula is C22H22ClFN2O4. The van der Waals surface area contributed by atoms with Gasteiger partial charge in [0.2, 0.25) is 0 Å². The molecule has 0 aliphatic carbocycles. The highest BCUT2D eigenvalue weighted by Crippen LogP contribution is 2.33. The topological polar surface area (TPSA) is 67.9 Å². The highest BCUT2D eigenvalue weighted by atomic mass is 35.5. The molecule has 0 saturated carbocycles. The van der Waals surface area contributed by atoms with Crippen molar-refractivity contribution in [1.82, 2.24) is 10.2 Å². The van der Waals surface area contributed by atoms with Crippen LogP contribution >= 0.6 is 11.6 Å². The van der Waals surface area contributed by atoms with E-state index in [0.717, 1.165) is 0 Å². The second-order valence-corrected chi connectivity index (χ2v) is 6.86. The second-order valence-electron chi connectivity index (χ2n) is 6.45. The van der Waals surface area contributed by atoms with Crippen molar-refractivity contribution < 1.29 is 23.5 Å². The van der Waals surface area contributed by atoms with Crippen LogP contribution in [0, 0.1) is 5.82 Å². The molecule has 2 amide bonds. The Morgan fingerprint density at radius 3 is 2.53 bits per heavy atom. The van der Waals surface area contributed by atoms with E-state index in [1.807, 2.05) is 0 Å². The zero-order valence-electron chi connectivity index (χ0n) is 16.7. The number of urea groups is 1. The summed E-state index contributed by atoms with van der Waals surface area (Å²) in [5.74, 6) is -0.790. The van der Waals surface area contributed by atoms with Gasteiger partial charge in [-0.25, -0.2) is 14.0 Å². The number of halogens is 2. The van der Waals surface area contributed by atoms with Crippen LogP contribution in [-0.4, -0.2) is 36.7 Å². The van der Waals surface area contributed by atoms with Gasteiger partial charge < -0.3 is 14.8 Å². The molecule has 3 rings (SSSR count). The van der Waals surface area contributed by atoms with E-state index in [-0.39, 0.29) is 30.9 Å². The van der Waals surface area contributed by atoms with E-state index in [0.29, 0.717) is 16.5 Å². The minimum Gasteiger partial charge on any atom is -0.486 e. The summed E-state index contributed by atoms with van der Waals surface area (Å²) in [5.41, 5.74) is 0.586. The van der Waals surface area contributed by atoms with Crippen LogP contribution in [0.4, 0.5) is 9.18 Å². The number of rotatable bonds is 7. The monoisotopic (exact) mass is 432 g/mol. The first kappa shape index (κ1) is 21.6. The van der Waals surface area contributed by atoms with Crippen LogP contribution in [0.15, 0.2) is 59.8 Å². The average Bonchev–Trinajstić information content (AvgIpc) is 2.73. The van der Waals surface area contributed by atoms with Crippen molar-refractivity contribution in [3.05, 3.63) is 76.2 Å². The van der Waals surface area contributed by atoms with Crippen molar-refractivity contribution in [2.45, 2.75) is 19.9 Å². The van der Waals surface area contributed by atoms with Crippen molar-refractivity contribution in [2.75, 3.05) is 19.8 Å². The second kappa shape index (κ2) is 9.63. The maximum absolute atomic E-state index is 14.5. The number of para-hydroxylation sites is 1. The molecule has 0 radical (unpaired) electrons. The number of carbonyl (C=O) groups excluding carboxylic acids is 2. The van der Waals surface area contributed by atoms with E-state index in [2.05, 4.69) is 5.32 Å². The summed E-state index contributed by atoms with van der Waals surface area (Å²) >= 11 is 6.16. The molecule has 0 spiro atoms. The lowest BCUT2D eigenvalue weighted by atomic mass is 9.94. The molecule has 6 nitrogen and oxygen atoms in total. The number of hydrogen-bond donors (Lipinski definition) is 1. The molecule has 0 bridgehead atoms. The molecule has 158 valence electrons. The lowest BCUT2D eigenvalue weighted by Gasteiger charge is -2.36. The zero-order valence-corrected chi connectivity index (χ0v) is 17.4. The Labute approximate surface area is 179 Å². The van der Waals surface area contributed by atoms with Crippen LogP contribution in [0.5, 0.6) is 5.75 Å². The van der Waals surface area contributed by atoms with Crippen molar-refractivity contribution >= 4 is 23.6 Å². The average molecular weight is 433 g/mol. The minimum absolute atomic E-state index is 0.121. The lowest BCUT2D eigenvalue weighted by Crippen LogP contribution is -2.49. The number of amides is 2. The van der Waals surface area contributed by atoms with E-state index < -0.39 is 23.9 Å². The number of hydrogen-bond acceptors (Lipinski definition) is 4. The van der Waals surface area contributed by atoms with E-state index in [1.165, 1.54) is 23.1 Å². The van der Waals surface area contributed by atoms with Crippen molar-refractivity contribution in [3.8, 4) is 5.75 Å². The number of nitrogens with one attached hydrogen (secondary N) is 1. The van der Waals surface area contributed by atoms with Crippen LogP contribution in [0.3, 0.4) is 0 Å². The molecule has 1 atom stereocenters. The largest absolute Gasteiger partial charge is 0.486 e. The van der Waals surface area contributed by atoms with Gasteiger partial charge in [0.15, 0.2) is 0 Å². The number of benzene rings is 2. The maximum Gasteiger partial charge on any atom is 0.338 e. The third kappa shape index (κ3) is 4.41. The van der Waals surface area contributed by atoms with Gasteiger partial charge in [-0.05, 0) is 32.0 Å². The molecule has 1 aliphatic rings. The summed E-state index contributed by atoms with van der Waals surface area (Å²) in [6, 6.07) is 11.4. The molecule has 0 aromatic heterocycles. The van der Waals surface area contributed by atoms with Crippen molar-refractivity contribution in [1.29, 1.82) is 0 Å². The van der Waals surface area contributed by atoms with Gasteiger partial charge in [-0.2, -0.15) is 0 Å². The summed E-state index contributed by atoms with van der Waals surface area (Å²) in [6.07, 6.45) is 0. The Bertz CT molecular complexity index is 979. The van der Waals surface area contributed by atoms with Crippen LogP contribution in [0.25, 0.3) is 0 Å². The van der Waals surface area contributed by atoms with E-state index in [1.54, 1.807) is 44.2 Å². The van der Waals surface area contributed by atoms with Gasteiger partial charge in [-0.15, -0.1) is 0 Å². The molecule has 0 fully saturated rings. The normalized spacial score (nSPS) is 16.3. The fourth-order valence-electron chi connectivity index (χ4n) is 3.29. The quantitative estimate of drug-likeness (QED) is 0.656. The van der Waals surface area contributed by atoms with E-state index in [9.17, 15) is 14.0 Å². The molecule has 2 aromatic carbocycles. The summed E-state index contributed by atoms with van der Waals surface area (Å²) in [5, 5.41) is 3.10. The smallest absolute Gasteiger partial charge is 0.338 e. The molecule has 2 aromatic rings. The number of esters is 1. The highest BCUT2D eigenvalue weighted by molar-refractivity contribution is 6.32. The molecule has 1 heterocycles. The number of ether oxygens (including phenoxy) is 2. The number of nitrogens with zero attached hydrogens (tertiary/aromatic N) is 1. The number of likely N-dealkylation sites (N-methyl/N-ethyl adjacent to an activating group) is 1. The van der Waals surface area contributed by atoms with Gasteiger partial charge in [0.05, 0.1) is 28.9 Å². The first-order valence-electron chi connectivity index (χ1n) is 9.57. The molecule has 1 unspecified atom stereocenters. The Hall–Kier alpha value is -3.06. The Balaban J connectivity index is 2.10. The molecule has 1 N–H and O–H groups in total. The van der Waals surface area contributed by atoms with E-state index in [4.69, 9.17) is 21.1 Å². The minimum atomic E-state index is -1.01. The van der Waals surface area contributed by atoms with Crippen LogP contribution in [0.2, 0.25) is 5.02 Å². The lowest BCUT2D eigenvalue weighted by molar-refractivity contribution is -0.139. The fraction of sp³-hybridized carbons (Fsp3) is 0.273. The molecule has 8 heteroatoms. The highest BCUT2D eigenvalue weighted by Gasteiger charge is 2.39. The van der Waals surface area contributed by atoms with Gasteiger partial charge in [0.1, 0.15) is 18.2 Å². The Kier molecular flexibility index (Phi) is 6.95.